The highest BCUT2D eigenvalue weighted by molar-refractivity contribution is 5.76. The summed E-state index contributed by atoms with van der Waals surface area (Å²) in [6.45, 7) is 2.94. The van der Waals surface area contributed by atoms with Crippen LogP contribution in [0.2, 0.25) is 0 Å². The van der Waals surface area contributed by atoms with Gasteiger partial charge >= 0.3 is 5.97 Å². The van der Waals surface area contributed by atoms with E-state index in [4.69, 9.17) is 16.2 Å². The van der Waals surface area contributed by atoms with Crippen molar-refractivity contribution in [1.82, 2.24) is 0 Å². The molecule has 0 saturated heterocycles. The van der Waals surface area contributed by atoms with Crippen LogP contribution in [-0.2, 0) is 9.53 Å². The van der Waals surface area contributed by atoms with E-state index in [2.05, 4.69) is 11.9 Å². The van der Waals surface area contributed by atoms with Crippen molar-refractivity contribution >= 4 is 11.9 Å². The molecule has 0 aromatic carbocycles. The van der Waals surface area contributed by atoms with Crippen molar-refractivity contribution in [2.45, 2.75) is 39.0 Å². The van der Waals surface area contributed by atoms with Gasteiger partial charge in [-0.3, -0.25) is 9.79 Å². The SMILES string of the molecule is CCCCCCOC(=O)CCN=C(N)N. The molecule has 0 unspecified atom stereocenters. The maximum absolute atomic E-state index is 11.1. The Morgan fingerprint density at radius 3 is 2.60 bits per heavy atom. The predicted molar refractivity (Wildman–Crippen MR) is 60.4 cm³/mol. The first-order valence-electron chi connectivity index (χ1n) is 5.37. The van der Waals surface area contributed by atoms with E-state index in [9.17, 15) is 4.79 Å². The Labute approximate surface area is 90.9 Å². The molecule has 0 amide bonds. The van der Waals surface area contributed by atoms with Crippen molar-refractivity contribution in [2.24, 2.45) is 16.5 Å². The Morgan fingerprint density at radius 2 is 2.00 bits per heavy atom. The molecule has 0 aliphatic rings. The molecule has 0 radical (unpaired) electrons. The number of guanidine groups is 1. The number of hydrogen-bond donors (Lipinski definition) is 2. The summed E-state index contributed by atoms with van der Waals surface area (Å²) in [5, 5.41) is 0. The summed E-state index contributed by atoms with van der Waals surface area (Å²) in [4.78, 5) is 14.8. The van der Waals surface area contributed by atoms with Crippen molar-refractivity contribution in [1.29, 1.82) is 0 Å². The zero-order valence-electron chi connectivity index (χ0n) is 9.37. The molecule has 0 spiro atoms. The van der Waals surface area contributed by atoms with Gasteiger partial charge in [0.1, 0.15) is 0 Å². The summed E-state index contributed by atoms with van der Waals surface area (Å²) < 4.78 is 4.98. The zero-order valence-corrected chi connectivity index (χ0v) is 9.37. The maximum Gasteiger partial charge on any atom is 0.307 e. The number of unbranched alkanes of at least 4 members (excludes halogenated alkanes) is 3. The number of aliphatic imine (C=N–C) groups is 1. The van der Waals surface area contributed by atoms with Gasteiger partial charge in [-0.1, -0.05) is 26.2 Å². The van der Waals surface area contributed by atoms with E-state index in [1.807, 2.05) is 0 Å². The first-order valence-corrected chi connectivity index (χ1v) is 5.37. The van der Waals surface area contributed by atoms with Crippen LogP contribution in [0.25, 0.3) is 0 Å². The molecule has 5 nitrogen and oxygen atoms in total. The van der Waals surface area contributed by atoms with Gasteiger partial charge in [0.05, 0.1) is 19.6 Å². The van der Waals surface area contributed by atoms with Crippen LogP contribution in [0.5, 0.6) is 0 Å². The molecule has 88 valence electrons. The van der Waals surface area contributed by atoms with E-state index < -0.39 is 0 Å². The van der Waals surface area contributed by atoms with E-state index in [0.717, 1.165) is 12.8 Å². The first kappa shape index (κ1) is 13.7. The molecule has 0 aliphatic heterocycles. The molecule has 0 heterocycles. The Morgan fingerprint density at radius 1 is 1.27 bits per heavy atom. The normalized spacial score (nSPS) is 9.67. The molecular formula is C10H21N3O2. The lowest BCUT2D eigenvalue weighted by atomic mass is 10.2. The quantitative estimate of drug-likeness (QED) is 0.271. The first-order chi connectivity index (χ1) is 7.16. The van der Waals surface area contributed by atoms with E-state index in [1.54, 1.807) is 0 Å². The second kappa shape index (κ2) is 9.30. The Balaban J connectivity index is 3.30. The van der Waals surface area contributed by atoms with E-state index in [-0.39, 0.29) is 18.3 Å². The Kier molecular flexibility index (Phi) is 8.52. The minimum absolute atomic E-state index is 0.00532. The molecule has 4 N–H and O–H groups in total. The average Bonchev–Trinajstić information content (AvgIpc) is 2.17. The fraction of sp³-hybridized carbons (Fsp3) is 0.800. The smallest absolute Gasteiger partial charge is 0.307 e. The maximum atomic E-state index is 11.1. The molecule has 0 saturated carbocycles. The second-order valence-electron chi connectivity index (χ2n) is 3.34. The summed E-state index contributed by atoms with van der Waals surface area (Å²) in [7, 11) is 0. The van der Waals surface area contributed by atoms with Gasteiger partial charge in [-0.15, -0.1) is 0 Å². The van der Waals surface area contributed by atoms with Crippen molar-refractivity contribution in [2.75, 3.05) is 13.2 Å². The third kappa shape index (κ3) is 10.7. The highest BCUT2D eigenvalue weighted by Gasteiger charge is 2.01. The topological polar surface area (TPSA) is 90.7 Å². The summed E-state index contributed by atoms with van der Waals surface area (Å²) in [6, 6.07) is 0. The third-order valence-corrected chi connectivity index (χ3v) is 1.87. The Bertz CT molecular complexity index is 201. The number of carbonyl (C=O) groups excluding carboxylic acids is 1. The molecule has 0 aromatic heterocycles. The predicted octanol–water partition coefficient (Wildman–Crippen LogP) is 0.773. The monoisotopic (exact) mass is 215 g/mol. The van der Waals surface area contributed by atoms with E-state index >= 15 is 0 Å². The third-order valence-electron chi connectivity index (χ3n) is 1.87. The van der Waals surface area contributed by atoms with Gasteiger partial charge in [0.2, 0.25) is 0 Å². The minimum Gasteiger partial charge on any atom is -0.466 e. The van der Waals surface area contributed by atoms with Crippen molar-refractivity contribution in [3.05, 3.63) is 0 Å². The van der Waals surface area contributed by atoms with Crippen LogP contribution in [-0.4, -0.2) is 25.1 Å². The van der Waals surface area contributed by atoms with E-state index in [1.165, 1.54) is 12.8 Å². The van der Waals surface area contributed by atoms with Gasteiger partial charge in [0, 0.05) is 0 Å². The molecule has 0 aliphatic carbocycles. The lowest BCUT2D eigenvalue weighted by Crippen LogP contribution is -2.23. The van der Waals surface area contributed by atoms with Crippen LogP contribution in [0.4, 0.5) is 0 Å². The number of rotatable bonds is 8. The van der Waals surface area contributed by atoms with E-state index in [0.29, 0.717) is 13.2 Å². The molecule has 0 atom stereocenters. The number of carbonyl (C=O) groups is 1. The molecule has 5 heteroatoms. The van der Waals surface area contributed by atoms with Gasteiger partial charge in [0.25, 0.3) is 0 Å². The van der Waals surface area contributed by atoms with Gasteiger partial charge in [-0.05, 0) is 6.42 Å². The van der Waals surface area contributed by atoms with Crippen LogP contribution in [0.15, 0.2) is 4.99 Å². The molecule has 0 bridgehead atoms. The van der Waals surface area contributed by atoms with Gasteiger partial charge in [0.15, 0.2) is 5.96 Å². The van der Waals surface area contributed by atoms with Crippen LogP contribution < -0.4 is 11.5 Å². The highest BCUT2D eigenvalue weighted by Crippen LogP contribution is 1.99. The van der Waals surface area contributed by atoms with Gasteiger partial charge < -0.3 is 16.2 Å². The summed E-state index contributed by atoms with van der Waals surface area (Å²) >= 11 is 0. The Hall–Kier alpha value is -1.26. The van der Waals surface area contributed by atoms with Crippen molar-refractivity contribution in [3.63, 3.8) is 0 Å². The standard InChI is InChI=1S/C10H21N3O2/c1-2-3-4-5-8-15-9(14)6-7-13-10(11)12/h2-8H2,1H3,(H4,11,12,13). The lowest BCUT2D eigenvalue weighted by Gasteiger charge is -2.03. The number of nitrogens with zero attached hydrogens (tertiary/aromatic N) is 1. The van der Waals surface area contributed by atoms with Crippen LogP contribution >= 0.6 is 0 Å². The number of nitrogens with two attached hydrogens (primary N) is 2. The van der Waals surface area contributed by atoms with Crippen molar-refractivity contribution in [3.8, 4) is 0 Å². The summed E-state index contributed by atoms with van der Waals surface area (Å²) in [5.74, 6) is -0.234. The fourth-order valence-corrected chi connectivity index (χ4v) is 1.06. The van der Waals surface area contributed by atoms with Crippen molar-refractivity contribution < 1.29 is 9.53 Å². The molecule has 0 fully saturated rings. The summed E-state index contributed by atoms with van der Waals surface area (Å²) in [5.41, 5.74) is 10.2. The van der Waals surface area contributed by atoms with Crippen LogP contribution in [0.1, 0.15) is 39.0 Å². The average molecular weight is 215 g/mol. The van der Waals surface area contributed by atoms with Gasteiger partial charge in [-0.25, -0.2) is 0 Å². The summed E-state index contributed by atoms with van der Waals surface area (Å²) in [6.07, 6.45) is 4.65. The minimum atomic E-state index is -0.239. The number of hydrogen-bond acceptors (Lipinski definition) is 3. The molecule has 15 heavy (non-hydrogen) atoms. The fourth-order valence-electron chi connectivity index (χ4n) is 1.06. The molecule has 0 aromatic rings. The van der Waals surface area contributed by atoms with Crippen LogP contribution in [0, 0.1) is 0 Å². The highest BCUT2D eigenvalue weighted by atomic mass is 16.5. The van der Waals surface area contributed by atoms with Gasteiger partial charge in [-0.2, -0.15) is 0 Å². The van der Waals surface area contributed by atoms with Crippen LogP contribution in [0.3, 0.4) is 0 Å². The lowest BCUT2D eigenvalue weighted by molar-refractivity contribution is -0.143. The molecule has 0 rings (SSSR count). The zero-order chi connectivity index (χ0) is 11.5. The number of ether oxygens (including phenoxy) is 1. The number of esters is 1. The molecular weight excluding hydrogens is 194 g/mol. The second-order valence-corrected chi connectivity index (χ2v) is 3.34. The largest absolute Gasteiger partial charge is 0.466 e.